The van der Waals surface area contributed by atoms with Crippen LogP contribution in [0.2, 0.25) is 0 Å². The van der Waals surface area contributed by atoms with Gasteiger partial charge in [-0.15, -0.1) is 0 Å². The fourth-order valence-corrected chi connectivity index (χ4v) is 2.65. The number of ether oxygens (including phenoxy) is 1. The van der Waals surface area contributed by atoms with Crippen LogP contribution in [0.1, 0.15) is 15.9 Å². The van der Waals surface area contributed by atoms with Crippen molar-refractivity contribution in [1.82, 2.24) is 0 Å². The molecule has 0 amide bonds. The van der Waals surface area contributed by atoms with E-state index < -0.39 is 5.97 Å². The molecule has 1 heterocycles. The number of halogens is 1. The number of nitrogens with zero attached hydrogens (tertiary/aromatic N) is 1. The lowest BCUT2D eigenvalue weighted by atomic mass is 10.1. The molecule has 0 atom stereocenters. The SMILES string of the molecule is COc1ccc(C(=O)O)c(N2CCc3ccc(F)cc32)c1. The zero-order valence-electron chi connectivity index (χ0n) is 11.5. The Kier molecular flexibility index (Phi) is 3.25. The van der Waals surface area contributed by atoms with E-state index in [1.165, 1.54) is 25.3 Å². The Balaban J connectivity index is 2.14. The lowest BCUT2D eigenvalue weighted by Crippen LogP contribution is -2.17. The minimum atomic E-state index is -1.02. The molecule has 0 saturated carbocycles. The third-order valence-corrected chi connectivity index (χ3v) is 3.67. The number of aromatic carboxylic acids is 1. The normalized spacial score (nSPS) is 13.1. The van der Waals surface area contributed by atoms with E-state index in [-0.39, 0.29) is 11.4 Å². The number of rotatable bonds is 3. The smallest absolute Gasteiger partial charge is 0.337 e. The fourth-order valence-electron chi connectivity index (χ4n) is 2.65. The molecule has 1 aliphatic heterocycles. The predicted molar refractivity (Wildman–Crippen MR) is 77.1 cm³/mol. The first kappa shape index (κ1) is 13.4. The molecular weight excluding hydrogens is 273 g/mol. The molecule has 0 radical (unpaired) electrons. The molecule has 2 aromatic carbocycles. The molecule has 2 aromatic rings. The maximum absolute atomic E-state index is 13.5. The van der Waals surface area contributed by atoms with Gasteiger partial charge in [0.05, 0.1) is 18.4 Å². The van der Waals surface area contributed by atoms with E-state index in [9.17, 15) is 14.3 Å². The van der Waals surface area contributed by atoms with Crippen molar-refractivity contribution in [1.29, 1.82) is 0 Å². The molecule has 0 spiro atoms. The van der Waals surface area contributed by atoms with Gasteiger partial charge >= 0.3 is 5.97 Å². The van der Waals surface area contributed by atoms with Crippen molar-refractivity contribution in [3.63, 3.8) is 0 Å². The highest BCUT2D eigenvalue weighted by molar-refractivity contribution is 5.96. The molecule has 21 heavy (non-hydrogen) atoms. The summed E-state index contributed by atoms with van der Waals surface area (Å²) >= 11 is 0. The van der Waals surface area contributed by atoms with Crippen LogP contribution >= 0.6 is 0 Å². The molecule has 108 valence electrons. The average Bonchev–Trinajstić information content (AvgIpc) is 2.89. The van der Waals surface area contributed by atoms with Crippen molar-refractivity contribution in [2.75, 3.05) is 18.6 Å². The number of hydrogen-bond acceptors (Lipinski definition) is 3. The molecule has 0 bridgehead atoms. The average molecular weight is 287 g/mol. The Morgan fingerprint density at radius 1 is 1.24 bits per heavy atom. The van der Waals surface area contributed by atoms with Crippen molar-refractivity contribution in [2.45, 2.75) is 6.42 Å². The second-order valence-corrected chi connectivity index (χ2v) is 4.86. The first-order valence-corrected chi connectivity index (χ1v) is 6.57. The summed E-state index contributed by atoms with van der Waals surface area (Å²) in [6.07, 6.45) is 0.756. The van der Waals surface area contributed by atoms with E-state index in [1.54, 1.807) is 18.2 Å². The van der Waals surface area contributed by atoms with Gasteiger partial charge in [0, 0.05) is 18.3 Å². The van der Waals surface area contributed by atoms with E-state index in [2.05, 4.69) is 0 Å². The highest BCUT2D eigenvalue weighted by Crippen LogP contribution is 2.38. The minimum absolute atomic E-state index is 0.174. The van der Waals surface area contributed by atoms with Gasteiger partial charge in [0.15, 0.2) is 0 Å². The molecule has 0 fully saturated rings. The summed E-state index contributed by atoms with van der Waals surface area (Å²) in [6, 6.07) is 9.39. The zero-order valence-corrected chi connectivity index (χ0v) is 11.5. The van der Waals surface area contributed by atoms with E-state index >= 15 is 0 Å². The first-order chi connectivity index (χ1) is 10.1. The molecule has 0 aliphatic carbocycles. The van der Waals surface area contributed by atoms with E-state index in [4.69, 9.17) is 4.74 Å². The second kappa shape index (κ2) is 5.09. The van der Waals surface area contributed by atoms with Gasteiger partial charge in [0.1, 0.15) is 11.6 Å². The van der Waals surface area contributed by atoms with E-state index in [0.29, 0.717) is 23.7 Å². The van der Waals surface area contributed by atoms with Crippen molar-refractivity contribution < 1.29 is 19.0 Å². The van der Waals surface area contributed by atoms with Crippen LogP contribution in [0.25, 0.3) is 0 Å². The summed E-state index contributed by atoms with van der Waals surface area (Å²) in [5.74, 6) is -0.780. The summed E-state index contributed by atoms with van der Waals surface area (Å²) < 4.78 is 18.7. The third kappa shape index (κ3) is 2.31. The Labute approximate surface area is 121 Å². The first-order valence-electron chi connectivity index (χ1n) is 6.57. The van der Waals surface area contributed by atoms with Gasteiger partial charge in [-0.2, -0.15) is 0 Å². The van der Waals surface area contributed by atoms with Gasteiger partial charge in [-0.1, -0.05) is 6.07 Å². The number of benzene rings is 2. The summed E-state index contributed by atoms with van der Waals surface area (Å²) in [4.78, 5) is 13.2. The van der Waals surface area contributed by atoms with Crippen molar-refractivity contribution >= 4 is 17.3 Å². The number of methoxy groups -OCH3 is 1. The lowest BCUT2D eigenvalue weighted by molar-refractivity contribution is 0.0697. The topological polar surface area (TPSA) is 49.8 Å². The largest absolute Gasteiger partial charge is 0.497 e. The molecule has 1 aliphatic rings. The zero-order chi connectivity index (χ0) is 15.0. The number of carbonyl (C=O) groups is 1. The van der Waals surface area contributed by atoms with Crippen molar-refractivity contribution in [3.05, 3.63) is 53.3 Å². The fraction of sp³-hybridized carbons (Fsp3) is 0.188. The van der Waals surface area contributed by atoms with Gasteiger partial charge in [0.25, 0.3) is 0 Å². The number of anilines is 2. The van der Waals surface area contributed by atoms with Crippen LogP contribution < -0.4 is 9.64 Å². The number of carboxylic acids is 1. The molecule has 3 rings (SSSR count). The second-order valence-electron chi connectivity index (χ2n) is 4.86. The maximum atomic E-state index is 13.5. The van der Waals surface area contributed by atoms with Crippen molar-refractivity contribution in [3.8, 4) is 5.75 Å². The quantitative estimate of drug-likeness (QED) is 0.941. The van der Waals surface area contributed by atoms with E-state index in [1.807, 2.05) is 4.90 Å². The molecular formula is C16H14FNO3. The van der Waals surface area contributed by atoms with Crippen LogP contribution in [0.3, 0.4) is 0 Å². The Hall–Kier alpha value is -2.56. The molecule has 0 saturated heterocycles. The molecule has 5 heteroatoms. The Morgan fingerprint density at radius 2 is 2.05 bits per heavy atom. The Bertz CT molecular complexity index is 715. The molecule has 1 N–H and O–H groups in total. The van der Waals surface area contributed by atoms with Crippen LogP contribution in [0, 0.1) is 5.82 Å². The van der Waals surface area contributed by atoms with Gasteiger partial charge in [0.2, 0.25) is 0 Å². The lowest BCUT2D eigenvalue weighted by Gasteiger charge is -2.22. The summed E-state index contributed by atoms with van der Waals surface area (Å²) in [5, 5.41) is 9.35. The highest BCUT2D eigenvalue weighted by Gasteiger charge is 2.25. The third-order valence-electron chi connectivity index (χ3n) is 3.67. The van der Waals surface area contributed by atoms with Crippen LogP contribution in [0.5, 0.6) is 5.75 Å². The van der Waals surface area contributed by atoms with Gasteiger partial charge in [-0.3, -0.25) is 0 Å². The summed E-state index contributed by atoms with van der Waals surface area (Å²) in [6.45, 7) is 0.617. The minimum Gasteiger partial charge on any atom is -0.497 e. The van der Waals surface area contributed by atoms with Gasteiger partial charge in [-0.05, 0) is 36.2 Å². The predicted octanol–water partition coefficient (Wildman–Crippen LogP) is 3.23. The summed E-state index contributed by atoms with van der Waals surface area (Å²) in [7, 11) is 1.52. The van der Waals surface area contributed by atoms with Gasteiger partial charge in [-0.25, -0.2) is 9.18 Å². The monoisotopic (exact) mass is 287 g/mol. The van der Waals surface area contributed by atoms with Crippen LogP contribution in [0.4, 0.5) is 15.8 Å². The van der Waals surface area contributed by atoms with Crippen LogP contribution in [-0.4, -0.2) is 24.7 Å². The standard InChI is InChI=1S/C16H14FNO3/c1-21-12-4-5-13(16(19)20)15(9-12)18-7-6-10-2-3-11(17)8-14(10)18/h2-5,8-9H,6-7H2,1H3,(H,19,20). The molecule has 4 nitrogen and oxygen atoms in total. The van der Waals surface area contributed by atoms with Crippen molar-refractivity contribution in [2.24, 2.45) is 0 Å². The molecule has 0 unspecified atom stereocenters. The Morgan fingerprint density at radius 3 is 2.76 bits per heavy atom. The number of fused-ring (bicyclic) bond motifs is 1. The van der Waals surface area contributed by atoms with Gasteiger partial charge < -0.3 is 14.7 Å². The highest BCUT2D eigenvalue weighted by atomic mass is 19.1. The number of hydrogen-bond donors (Lipinski definition) is 1. The van der Waals surface area contributed by atoms with E-state index in [0.717, 1.165) is 12.0 Å². The number of carboxylic acid groups (broad SMARTS) is 1. The van der Waals surface area contributed by atoms with Crippen LogP contribution in [-0.2, 0) is 6.42 Å². The summed E-state index contributed by atoms with van der Waals surface area (Å²) in [5.41, 5.74) is 2.42. The van der Waals surface area contributed by atoms with Crippen LogP contribution in [0.15, 0.2) is 36.4 Å². The molecule has 0 aromatic heterocycles. The maximum Gasteiger partial charge on any atom is 0.337 e.